The van der Waals surface area contributed by atoms with Gasteiger partial charge in [0.15, 0.2) is 16.7 Å². The summed E-state index contributed by atoms with van der Waals surface area (Å²) in [4.78, 5) is 107. The van der Waals surface area contributed by atoms with Crippen molar-refractivity contribution in [3.05, 3.63) is 197 Å². The number of hydrogen-bond donors (Lipinski definition) is 9. The van der Waals surface area contributed by atoms with E-state index in [1.807, 2.05) is 80.7 Å². The van der Waals surface area contributed by atoms with Gasteiger partial charge in [0.2, 0.25) is 0 Å². The fourth-order valence-corrected chi connectivity index (χ4v) is 8.79. The maximum absolute atomic E-state index is 12.4. The third kappa shape index (κ3) is 18.8. The van der Waals surface area contributed by atoms with Gasteiger partial charge in [-0.25, -0.2) is 14.4 Å². The summed E-state index contributed by atoms with van der Waals surface area (Å²) in [5, 5.41) is 64.2. The number of aromatic hydroxyl groups is 3. The van der Waals surface area contributed by atoms with Gasteiger partial charge < -0.3 is 69.1 Å². The Balaban J connectivity index is 0.000000200. The van der Waals surface area contributed by atoms with E-state index in [2.05, 4.69) is 26.6 Å². The molecule has 90 heavy (non-hydrogen) atoms. The van der Waals surface area contributed by atoms with E-state index < -0.39 is 124 Å². The normalized spacial score (nSPS) is 10.9. The first-order valence-corrected chi connectivity index (χ1v) is 28.1. The lowest BCUT2D eigenvalue weighted by molar-refractivity contribution is -0.154. The zero-order chi connectivity index (χ0) is 66.5. The molecule has 0 unspecified atom stereocenters. The number of fused-ring (bicyclic) bond motifs is 3. The minimum atomic E-state index is -1.35. The van der Waals surface area contributed by atoms with Gasteiger partial charge in [0.05, 0.1) is 16.2 Å². The largest absolute Gasteiger partial charge is 0.506 e. The number of rotatable bonds is 12. The van der Waals surface area contributed by atoms with Crippen molar-refractivity contribution in [3.63, 3.8) is 0 Å². The molecule has 0 spiro atoms. The summed E-state index contributed by atoms with van der Waals surface area (Å²) in [7, 11) is -1.35. The fourth-order valence-electron chi connectivity index (χ4n) is 8.45. The second kappa shape index (κ2) is 29.6. The van der Waals surface area contributed by atoms with Crippen molar-refractivity contribution in [2.75, 3.05) is 19.6 Å². The molecule has 6 aromatic carbocycles. The number of carbonyl (C=O) groups excluding carboxylic acids is 5. The van der Waals surface area contributed by atoms with Gasteiger partial charge in [0, 0.05) is 4.47 Å². The van der Waals surface area contributed by atoms with Gasteiger partial charge in [0.25, 0.3) is 17.7 Å². The summed E-state index contributed by atoms with van der Waals surface area (Å²) in [5.41, 5.74) is 1.37. The molecule has 0 aliphatic heterocycles. The molecule has 0 saturated heterocycles. The van der Waals surface area contributed by atoms with E-state index in [4.69, 9.17) is 37.9 Å². The number of carboxylic acid groups (broad SMARTS) is 1. The lowest BCUT2D eigenvalue weighted by atomic mass is 9.80. The molecule has 0 radical (unpaired) electrons. The average Bonchev–Trinajstić information content (AvgIpc) is 0.983. The first-order chi connectivity index (χ1) is 42.2. The summed E-state index contributed by atoms with van der Waals surface area (Å²) < 4.78 is 26.3. The summed E-state index contributed by atoms with van der Waals surface area (Å²) in [5.74, 6) is -7.00. The number of aryl methyl sites for hydroxylation is 3. The number of aliphatic carboxylic acids is 1. The van der Waals surface area contributed by atoms with E-state index in [1.54, 1.807) is 102 Å². The van der Waals surface area contributed by atoms with Gasteiger partial charge in [-0.05, 0) is 132 Å². The zero-order valence-corrected chi connectivity index (χ0v) is 51.7. The molecule has 3 amide bonds. The van der Waals surface area contributed by atoms with Crippen LogP contribution >= 0.6 is 15.9 Å². The third-order valence-corrected chi connectivity index (χ3v) is 12.8. The molecule has 0 fully saturated rings. The minimum absolute atomic E-state index is 0.126. The molecular weight excluding hydrogens is 1230 g/mol. The molecule has 3 heterocycles. The van der Waals surface area contributed by atoms with Crippen LogP contribution < -0.4 is 38.3 Å². The summed E-state index contributed by atoms with van der Waals surface area (Å²) in [6.07, 6.45) is 0. The number of nitrogens with one attached hydrogen (secondary N) is 3. The molecule has 0 atom stereocenters. The highest BCUT2D eigenvalue weighted by atomic mass is 79.9. The Bertz CT molecular complexity index is 4410. The number of ether oxygens (including phenoxy) is 2. The Labute approximate surface area is 521 Å². The first kappa shape index (κ1) is 68.7. The van der Waals surface area contributed by atoms with E-state index in [9.17, 15) is 58.5 Å². The van der Waals surface area contributed by atoms with Crippen LogP contribution in [0.5, 0.6) is 17.2 Å². The maximum Gasteiger partial charge on any atom is 0.488 e. The van der Waals surface area contributed by atoms with Gasteiger partial charge >= 0.3 is 41.9 Å². The van der Waals surface area contributed by atoms with Crippen LogP contribution in [0.25, 0.3) is 55.2 Å². The van der Waals surface area contributed by atoms with Crippen molar-refractivity contribution in [2.45, 2.75) is 73.5 Å². The summed E-state index contributed by atoms with van der Waals surface area (Å²) >= 11 is 3.22. The van der Waals surface area contributed by atoms with Crippen LogP contribution in [-0.2, 0) is 23.9 Å². The number of benzene rings is 6. The molecule has 0 saturated carbocycles. The Morgan fingerprint density at radius 3 is 1.13 bits per heavy atom. The van der Waals surface area contributed by atoms with E-state index >= 15 is 0 Å². The molecule has 0 aliphatic carbocycles. The quantitative estimate of drug-likeness (QED) is 0.0319. The lowest BCUT2D eigenvalue weighted by Gasteiger charge is -2.19. The molecule has 9 N–H and O–H groups in total. The number of halogens is 1. The van der Waals surface area contributed by atoms with Gasteiger partial charge in [-0.3, -0.25) is 28.8 Å². The minimum Gasteiger partial charge on any atom is -0.506 e. The molecule has 3 aromatic heterocycles. The van der Waals surface area contributed by atoms with Crippen LogP contribution in [0.1, 0.15) is 89.3 Å². The predicted molar refractivity (Wildman–Crippen MR) is 338 cm³/mol. The maximum atomic E-state index is 12.4. The van der Waals surface area contributed by atoms with Crippen molar-refractivity contribution in [1.82, 2.24) is 16.0 Å². The molecule has 0 bridgehead atoms. The van der Waals surface area contributed by atoms with Crippen LogP contribution in [-0.4, -0.2) is 104 Å². The summed E-state index contributed by atoms with van der Waals surface area (Å²) in [6.45, 7) is 14.4. The monoisotopic (exact) mass is 1300 g/mol. The number of amides is 3. The van der Waals surface area contributed by atoms with Gasteiger partial charge in [-0.2, -0.15) is 0 Å². The fraction of sp³-hybridized carbons (Fsp3) is 0.215. The second-order valence-corrected chi connectivity index (χ2v) is 23.0. The van der Waals surface area contributed by atoms with Crippen molar-refractivity contribution in [3.8, 4) is 39.5 Å². The van der Waals surface area contributed by atoms with Crippen LogP contribution in [0.4, 0.5) is 0 Å². The molecule has 23 nitrogen and oxygen atoms in total. The Hall–Kier alpha value is -10.4. The van der Waals surface area contributed by atoms with Crippen molar-refractivity contribution in [1.29, 1.82) is 0 Å². The molecular formula is C65H63BBrN3O20. The summed E-state index contributed by atoms with van der Waals surface area (Å²) in [6, 6.07) is 37.1. The topological polar surface area (TPSA) is 369 Å². The van der Waals surface area contributed by atoms with E-state index in [1.165, 1.54) is 12.1 Å². The Morgan fingerprint density at radius 2 is 0.800 bits per heavy atom. The van der Waals surface area contributed by atoms with Crippen LogP contribution in [0, 0.1) is 20.8 Å². The Morgan fingerprint density at radius 1 is 0.467 bits per heavy atom. The van der Waals surface area contributed by atoms with E-state index in [-0.39, 0.29) is 32.9 Å². The van der Waals surface area contributed by atoms with Gasteiger partial charge in [-0.1, -0.05) is 118 Å². The van der Waals surface area contributed by atoms with E-state index in [0.717, 1.165) is 38.9 Å². The molecule has 9 rings (SSSR count). The smallest absolute Gasteiger partial charge is 0.488 e. The van der Waals surface area contributed by atoms with Crippen molar-refractivity contribution < 1.29 is 82.0 Å². The standard InChI is InChI=1S/C23H23NO6.C19H15NO6.C16H16BrNO6.C7H9BO2/c1-13-6-5-7-14(10-13)15-8-9-16-17(11-15)29-22(28)19(20(16)26)21(27)24-12-18(25)30-23(2,3)4;1-10-3-2-4-11(7-10)12-5-6-13-14(8-12)26-19(25)16(17(13)23)18(24)20-9-15(21)22;1-16(2,3)24-11(19)7-18-14(21)12-13(20)9-5-4-8(17)6-10(9)23-15(12)22;1-6-3-2-4-7(5-6)8(9)10/h5-11,26H,12H2,1-4H3,(H,24,27);2-8,23H,9H2,1H3,(H,20,24)(H,21,22);4-6,20H,7H2,1-3H3,(H,18,21);2-5,9-10H,1H3. The number of carboxylic acids is 1. The highest BCUT2D eigenvalue weighted by Gasteiger charge is 2.26. The van der Waals surface area contributed by atoms with Crippen LogP contribution in [0.2, 0.25) is 0 Å². The van der Waals surface area contributed by atoms with Crippen molar-refractivity contribution in [2.24, 2.45) is 0 Å². The number of esters is 2. The zero-order valence-electron chi connectivity index (χ0n) is 50.1. The number of carbonyl (C=O) groups is 6. The third-order valence-electron chi connectivity index (χ3n) is 12.4. The van der Waals surface area contributed by atoms with Crippen LogP contribution in [0.15, 0.2) is 160 Å². The molecule has 25 heteroatoms. The highest BCUT2D eigenvalue weighted by Crippen LogP contribution is 2.33. The van der Waals surface area contributed by atoms with Gasteiger partial charge in [-0.15, -0.1) is 0 Å². The number of hydrogen-bond acceptors (Lipinski definition) is 19. The molecule has 468 valence electrons. The lowest BCUT2D eigenvalue weighted by Crippen LogP contribution is -2.36. The highest BCUT2D eigenvalue weighted by molar-refractivity contribution is 9.10. The van der Waals surface area contributed by atoms with Crippen LogP contribution in [0.3, 0.4) is 0 Å². The average molecular weight is 1300 g/mol. The SMILES string of the molecule is CC(C)(C)OC(=O)CNC(=O)c1c(O)c2ccc(Br)cc2oc1=O.Cc1cccc(-c2ccc3c(O)c(C(=O)NCC(=O)O)c(=O)oc3c2)c1.Cc1cccc(-c2ccc3c(O)c(C(=O)NCC(=O)OC(C)(C)C)c(=O)oc3c2)c1.Cc1cccc(B(O)O)c1. The predicted octanol–water partition coefficient (Wildman–Crippen LogP) is 7.84. The van der Waals surface area contributed by atoms with Crippen molar-refractivity contribution >= 4 is 97.0 Å². The Kier molecular flexibility index (Phi) is 22.6. The first-order valence-electron chi connectivity index (χ1n) is 27.3. The van der Waals surface area contributed by atoms with E-state index in [0.29, 0.717) is 9.94 Å². The second-order valence-electron chi connectivity index (χ2n) is 22.0. The van der Waals surface area contributed by atoms with Gasteiger partial charge in [0.1, 0.15) is 64.8 Å². The molecule has 0 aliphatic rings. The molecule has 9 aromatic rings.